The molecule has 0 amide bonds. The molecule has 0 aliphatic carbocycles. The highest BCUT2D eigenvalue weighted by Crippen LogP contribution is 2.38. The van der Waals surface area contributed by atoms with Gasteiger partial charge >= 0.3 is 5.97 Å². The van der Waals surface area contributed by atoms with E-state index in [1.54, 1.807) is 6.08 Å². The van der Waals surface area contributed by atoms with Crippen LogP contribution in [0.3, 0.4) is 0 Å². The quantitative estimate of drug-likeness (QED) is 0.230. The Hall–Kier alpha value is -2.90. The highest BCUT2D eigenvalue weighted by molar-refractivity contribution is 9.10. The molecule has 0 atom stereocenters. The zero-order valence-corrected chi connectivity index (χ0v) is 21.3. The third-order valence-corrected chi connectivity index (χ3v) is 6.05. The average Bonchev–Trinajstić information content (AvgIpc) is 3.15. The van der Waals surface area contributed by atoms with Crippen LogP contribution in [-0.4, -0.2) is 18.5 Å². The molecule has 1 aliphatic rings. The lowest BCUT2D eigenvalue weighted by atomic mass is 10.1. The largest absolute Gasteiger partial charge is 0.490 e. The second kappa shape index (κ2) is 10.4. The number of hydrogen-bond acceptors (Lipinski definition) is 5. The molecule has 3 aromatic rings. The Balaban J connectivity index is 1.61. The molecular formula is C26H21Br2NO4. The number of carbonyl (C=O) groups is 1. The van der Waals surface area contributed by atoms with Crippen LogP contribution in [0.2, 0.25) is 0 Å². The standard InChI is InChI=1S/C26H21Br2NO4/c1-3-31-23-14-18(12-21(28)24(23)32-15-17-8-10-19(27)11-9-17)13-22-26(30)33-25(29-22)20-7-5-4-6-16(20)2/h4-14H,3,15H2,1-2H3/b22-13-. The van der Waals surface area contributed by atoms with E-state index < -0.39 is 5.97 Å². The van der Waals surface area contributed by atoms with E-state index in [0.29, 0.717) is 35.1 Å². The molecule has 1 heterocycles. The maximum Gasteiger partial charge on any atom is 0.363 e. The fourth-order valence-electron chi connectivity index (χ4n) is 3.31. The number of esters is 1. The molecule has 0 radical (unpaired) electrons. The SMILES string of the molecule is CCOc1cc(/C=C2\N=C(c3ccccc3C)OC2=O)cc(Br)c1OCc1ccc(Br)cc1. The summed E-state index contributed by atoms with van der Waals surface area (Å²) in [6, 6.07) is 19.3. The van der Waals surface area contributed by atoms with Crippen molar-refractivity contribution in [1.82, 2.24) is 0 Å². The molecule has 168 valence electrons. The van der Waals surface area contributed by atoms with Gasteiger partial charge in [-0.1, -0.05) is 46.3 Å². The first-order valence-electron chi connectivity index (χ1n) is 10.4. The van der Waals surface area contributed by atoms with Crippen LogP contribution in [0.5, 0.6) is 11.5 Å². The third-order valence-electron chi connectivity index (χ3n) is 4.93. The second-order valence-corrected chi connectivity index (χ2v) is 9.10. The Morgan fingerprint density at radius 2 is 1.79 bits per heavy atom. The molecule has 0 N–H and O–H groups in total. The van der Waals surface area contributed by atoms with Crippen molar-refractivity contribution in [3.05, 3.63) is 97.6 Å². The van der Waals surface area contributed by atoms with Crippen molar-refractivity contribution >= 4 is 49.8 Å². The second-order valence-electron chi connectivity index (χ2n) is 7.33. The van der Waals surface area contributed by atoms with Crippen LogP contribution < -0.4 is 9.47 Å². The summed E-state index contributed by atoms with van der Waals surface area (Å²) in [7, 11) is 0. The van der Waals surface area contributed by atoms with Crippen LogP contribution in [0, 0.1) is 6.92 Å². The molecule has 0 bridgehead atoms. The van der Waals surface area contributed by atoms with Crippen molar-refractivity contribution in [3.8, 4) is 11.5 Å². The minimum Gasteiger partial charge on any atom is -0.490 e. The number of carbonyl (C=O) groups excluding carboxylic acids is 1. The Bertz CT molecular complexity index is 1250. The lowest BCUT2D eigenvalue weighted by molar-refractivity contribution is -0.129. The summed E-state index contributed by atoms with van der Waals surface area (Å²) in [5.41, 5.74) is 3.78. The third kappa shape index (κ3) is 5.54. The summed E-state index contributed by atoms with van der Waals surface area (Å²) >= 11 is 7.02. The van der Waals surface area contributed by atoms with Crippen LogP contribution in [0.25, 0.3) is 6.08 Å². The minimum atomic E-state index is -0.488. The lowest BCUT2D eigenvalue weighted by Gasteiger charge is -2.15. The van der Waals surface area contributed by atoms with Crippen molar-refractivity contribution in [2.45, 2.75) is 20.5 Å². The summed E-state index contributed by atoms with van der Waals surface area (Å²) in [5, 5.41) is 0. The first-order chi connectivity index (χ1) is 15.9. The molecule has 7 heteroatoms. The fraction of sp³-hybridized carbons (Fsp3) is 0.154. The lowest BCUT2D eigenvalue weighted by Crippen LogP contribution is -2.06. The number of aliphatic imine (C=N–C) groups is 1. The normalized spacial score (nSPS) is 14.2. The van der Waals surface area contributed by atoms with E-state index in [0.717, 1.165) is 26.7 Å². The van der Waals surface area contributed by atoms with Crippen molar-refractivity contribution in [2.24, 2.45) is 4.99 Å². The molecule has 5 nitrogen and oxygen atoms in total. The first-order valence-corrected chi connectivity index (χ1v) is 12.0. The molecule has 0 saturated carbocycles. The predicted octanol–water partition coefficient (Wildman–Crippen LogP) is 6.84. The van der Waals surface area contributed by atoms with Gasteiger partial charge in [0.1, 0.15) is 6.61 Å². The zero-order valence-electron chi connectivity index (χ0n) is 18.1. The Kier molecular flexibility index (Phi) is 7.30. The van der Waals surface area contributed by atoms with E-state index in [4.69, 9.17) is 14.2 Å². The predicted molar refractivity (Wildman–Crippen MR) is 136 cm³/mol. The summed E-state index contributed by atoms with van der Waals surface area (Å²) in [5.74, 6) is 0.992. The van der Waals surface area contributed by atoms with Crippen LogP contribution >= 0.6 is 31.9 Å². The number of aryl methyl sites for hydroxylation is 1. The van der Waals surface area contributed by atoms with Crippen LogP contribution in [0.1, 0.15) is 29.2 Å². The van der Waals surface area contributed by atoms with Gasteiger partial charge in [0.05, 0.1) is 11.1 Å². The van der Waals surface area contributed by atoms with Crippen LogP contribution in [0.4, 0.5) is 0 Å². The van der Waals surface area contributed by atoms with Crippen molar-refractivity contribution in [1.29, 1.82) is 0 Å². The molecule has 3 aromatic carbocycles. The Morgan fingerprint density at radius 3 is 2.52 bits per heavy atom. The average molecular weight is 571 g/mol. The van der Waals surface area contributed by atoms with Gasteiger partial charge in [0.2, 0.25) is 5.90 Å². The molecule has 4 rings (SSSR count). The molecule has 0 aromatic heterocycles. The first kappa shape index (κ1) is 23.3. The van der Waals surface area contributed by atoms with Gasteiger partial charge in [-0.2, -0.15) is 0 Å². The fourth-order valence-corrected chi connectivity index (χ4v) is 4.14. The van der Waals surface area contributed by atoms with Gasteiger partial charge in [-0.15, -0.1) is 0 Å². The van der Waals surface area contributed by atoms with Crippen molar-refractivity contribution in [3.63, 3.8) is 0 Å². The van der Waals surface area contributed by atoms with Gasteiger partial charge in [-0.05, 0) is 82.9 Å². The van der Waals surface area contributed by atoms with Gasteiger partial charge < -0.3 is 14.2 Å². The number of benzene rings is 3. The Morgan fingerprint density at radius 1 is 1.03 bits per heavy atom. The van der Waals surface area contributed by atoms with Crippen molar-refractivity contribution in [2.75, 3.05) is 6.61 Å². The molecule has 0 unspecified atom stereocenters. The van der Waals surface area contributed by atoms with Gasteiger partial charge in [-0.25, -0.2) is 9.79 Å². The Labute approximate surface area is 209 Å². The minimum absolute atomic E-state index is 0.228. The van der Waals surface area contributed by atoms with Crippen LogP contribution in [-0.2, 0) is 16.1 Å². The van der Waals surface area contributed by atoms with Gasteiger partial charge in [-0.3, -0.25) is 0 Å². The van der Waals surface area contributed by atoms with E-state index in [-0.39, 0.29) is 5.70 Å². The molecule has 0 fully saturated rings. The summed E-state index contributed by atoms with van der Waals surface area (Å²) in [6.45, 7) is 4.72. The summed E-state index contributed by atoms with van der Waals surface area (Å²) in [6.07, 6.45) is 1.68. The van der Waals surface area contributed by atoms with Gasteiger partial charge in [0.25, 0.3) is 0 Å². The van der Waals surface area contributed by atoms with Gasteiger partial charge in [0.15, 0.2) is 17.2 Å². The topological polar surface area (TPSA) is 57.1 Å². The highest BCUT2D eigenvalue weighted by atomic mass is 79.9. The number of ether oxygens (including phenoxy) is 3. The number of halogens is 2. The van der Waals surface area contributed by atoms with E-state index in [2.05, 4.69) is 36.9 Å². The molecule has 0 saturated heterocycles. The molecule has 1 aliphatic heterocycles. The zero-order chi connectivity index (χ0) is 23.4. The number of hydrogen-bond donors (Lipinski definition) is 0. The highest BCUT2D eigenvalue weighted by Gasteiger charge is 2.25. The number of cyclic esters (lactones) is 1. The van der Waals surface area contributed by atoms with E-state index in [9.17, 15) is 4.79 Å². The summed E-state index contributed by atoms with van der Waals surface area (Å²) in [4.78, 5) is 16.9. The number of nitrogens with zero attached hydrogens (tertiary/aromatic N) is 1. The summed E-state index contributed by atoms with van der Waals surface area (Å²) < 4.78 is 19.0. The maximum atomic E-state index is 12.4. The van der Waals surface area contributed by atoms with E-state index in [1.165, 1.54) is 0 Å². The maximum absolute atomic E-state index is 12.4. The van der Waals surface area contributed by atoms with E-state index >= 15 is 0 Å². The monoisotopic (exact) mass is 569 g/mol. The van der Waals surface area contributed by atoms with Gasteiger partial charge in [0, 0.05) is 10.0 Å². The molecular weight excluding hydrogens is 550 g/mol. The van der Waals surface area contributed by atoms with E-state index in [1.807, 2.05) is 74.5 Å². The molecule has 33 heavy (non-hydrogen) atoms. The van der Waals surface area contributed by atoms with Crippen LogP contribution in [0.15, 0.2) is 80.3 Å². The number of rotatable bonds is 7. The smallest absolute Gasteiger partial charge is 0.363 e. The molecule has 0 spiro atoms. The van der Waals surface area contributed by atoms with Crippen molar-refractivity contribution < 1.29 is 19.0 Å².